The Balaban J connectivity index is 2.00. The highest BCUT2D eigenvalue weighted by Crippen LogP contribution is 2.35. The summed E-state index contributed by atoms with van der Waals surface area (Å²) in [5, 5.41) is 9.28. The predicted octanol–water partition coefficient (Wildman–Crippen LogP) is 3.23. The minimum absolute atomic E-state index is 0.339. The van der Waals surface area contributed by atoms with E-state index in [-0.39, 0.29) is 0 Å². The van der Waals surface area contributed by atoms with Crippen molar-refractivity contribution >= 4 is 5.69 Å². The molecule has 2 N–H and O–H groups in total. The first-order chi connectivity index (χ1) is 9.59. The Morgan fingerprint density at radius 2 is 2.30 bits per heavy atom. The van der Waals surface area contributed by atoms with E-state index in [4.69, 9.17) is 5.73 Å². The minimum Gasteiger partial charge on any atom is -0.372 e. The number of benzene rings is 1. The number of hydrogen-bond donors (Lipinski definition) is 1. The maximum atomic E-state index is 9.28. The lowest BCUT2D eigenvalue weighted by Gasteiger charge is -2.29. The third-order valence-corrected chi connectivity index (χ3v) is 4.58. The van der Waals surface area contributed by atoms with E-state index in [0.29, 0.717) is 5.92 Å². The van der Waals surface area contributed by atoms with Crippen molar-refractivity contribution < 1.29 is 0 Å². The van der Waals surface area contributed by atoms with Crippen molar-refractivity contribution in [1.82, 2.24) is 0 Å². The monoisotopic (exact) mass is 271 g/mol. The van der Waals surface area contributed by atoms with E-state index < -0.39 is 5.54 Å². The van der Waals surface area contributed by atoms with Gasteiger partial charge in [-0.15, -0.1) is 0 Å². The van der Waals surface area contributed by atoms with E-state index in [1.54, 1.807) is 0 Å². The van der Waals surface area contributed by atoms with Crippen LogP contribution in [-0.2, 0) is 0 Å². The van der Waals surface area contributed by atoms with Gasteiger partial charge in [0.1, 0.15) is 5.54 Å². The van der Waals surface area contributed by atoms with Crippen molar-refractivity contribution in [3.63, 3.8) is 0 Å². The van der Waals surface area contributed by atoms with Crippen LogP contribution in [0.15, 0.2) is 24.3 Å². The third kappa shape index (κ3) is 3.13. The van der Waals surface area contributed by atoms with E-state index in [1.807, 2.05) is 0 Å². The van der Waals surface area contributed by atoms with Gasteiger partial charge in [-0.1, -0.05) is 18.6 Å². The number of anilines is 1. The quantitative estimate of drug-likeness (QED) is 0.894. The molecule has 1 saturated carbocycles. The zero-order valence-corrected chi connectivity index (χ0v) is 12.6. The molecular weight excluding hydrogens is 246 g/mol. The number of nitrogens with two attached hydrogens (primary N) is 1. The fourth-order valence-corrected chi connectivity index (χ4v) is 3.26. The second kappa shape index (κ2) is 6.28. The van der Waals surface area contributed by atoms with Gasteiger partial charge in [-0.3, -0.25) is 0 Å². The van der Waals surface area contributed by atoms with Crippen molar-refractivity contribution in [1.29, 1.82) is 5.26 Å². The Morgan fingerprint density at radius 3 is 2.95 bits per heavy atom. The van der Waals surface area contributed by atoms with Gasteiger partial charge in [0.05, 0.1) is 6.07 Å². The fourth-order valence-electron chi connectivity index (χ4n) is 3.26. The lowest BCUT2D eigenvalue weighted by Crippen LogP contribution is -2.43. The number of nitrogens with zero attached hydrogens (tertiary/aromatic N) is 2. The highest BCUT2D eigenvalue weighted by Gasteiger charge is 2.39. The van der Waals surface area contributed by atoms with E-state index in [2.05, 4.69) is 49.1 Å². The van der Waals surface area contributed by atoms with Gasteiger partial charge < -0.3 is 10.6 Å². The van der Waals surface area contributed by atoms with Crippen molar-refractivity contribution in [3.05, 3.63) is 29.8 Å². The summed E-state index contributed by atoms with van der Waals surface area (Å²) in [6, 6.07) is 10.9. The summed E-state index contributed by atoms with van der Waals surface area (Å²) in [6.45, 7) is 6.26. The van der Waals surface area contributed by atoms with Gasteiger partial charge in [-0.05, 0) is 56.7 Å². The molecule has 0 bridgehead atoms. The SMILES string of the molecule is CCN(CCC1CCCC1(N)C#N)c1cccc(C)c1. The molecule has 0 spiro atoms. The normalized spacial score (nSPS) is 25.4. The van der Waals surface area contributed by atoms with Crippen LogP contribution >= 0.6 is 0 Å². The molecule has 0 saturated heterocycles. The highest BCUT2D eigenvalue weighted by atomic mass is 15.1. The number of nitriles is 1. The molecule has 2 unspecified atom stereocenters. The van der Waals surface area contributed by atoms with Crippen LogP contribution in [0.2, 0.25) is 0 Å². The first kappa shape index (κ1) is 14.9. The maximum Gasteiger partial charge on any atom is 0.107 e. The number of aryl methyl sites for hydroxylation is 1. The summed E-state index contributed by atoms with van der Waals surface area (Å²) in [5.41, 5.74) is 8.18. The van der Waals surface area contributed by atoms with Crippen molar-refractivity contribution in [2.45, 2.75) is 45.1 Å². The van der Waals surface area contributed by atoms with Gasteiger partial charge in [0.15, 0.2) is 0 Å². The standard InChI is InChI=1S/C17H25N3/c1-3-20(16-8-4-6-14(2)12-16)11-9-15-7-5-10-17(15,19)13-18/h4,6,8,12,15H,3,5,7,9-11,19H2,1-2H3. The van der Waals surface area contributed by atoms with Gasteiger partial charge in [0.2, 0.25) is 0 Å². The van der Waals surface area contributed by atoms with Crippen LogP contribution in [0, 0.1) is 24.2 Å². The molecule has 0 aromatic heterocycles. The van der Waals surface area contributed by atoms with Gasteiger partial charge in [-0.25, -0.2) is 0 Å². The summed E-state index contributed by atoms with van der Waals surface area (Å²) in [7, 11) is 0. The van der Waals surface area contributed by atoms with E-state index in [9.17, 15) is 5.26 Å². The van der Waals surface area contributed by atoms with E-state index in [1.165, 1.54) is 11.3 Å². The maximum absolute atomic E-state index is 9.28. The molecule has 20 heavy (non-hydrogen) atoms. The smallest absolute Gasteiger partial charge is 0.107 e. The molecule has 0 aliphatic heterocycles. The largest absolute Gasteiger partial charge is 0.372 e. The lowest BCUT2D eigenvalue weighted by molar-refractivity contribution is 0.374. The van der Waals surface area contributed by atoms with Crippen molar-refractivity contribution in [2.75, 3.05) is 18.0 Å². The molecule has 3 heteroatoms. The van der Waals surface area contributed by atoms with E-state index >= 15 is 0 Å². The predicted molar refractivity (Wildman–Crippen MR) is 83.6 cm³/mol. The second-order valence-electron chi connectivity index (χ2n) is 5.95. The molecule has 0 radical (unpaired) electrons. The van der Waals surface area contributed by atoms with Crippen LogP contribution in [0.3, 0.4) is 0 Å². The van der Waals surface area contributed by atoms with Crippen LogP contribution in [0.4, 0.5) is 5.69 Å². The molecule has 2 rings (SSSR count). The van der Waals surface area contributed by atoms with Crippen LogP contribution < -0.4 is 10.6 Å². The molecular formula is C17H25N3. The molecule has 1 aromatic rings. The topological polar surface area (TPSA) is 53.0 Å². The molecule has 108 valence electrons. The Bertz CT molecular complexity index is 491. The average molecular weight is 271 g/mol. The summed E-state index contributed by atoms with van der Waals surface area (Å²) in [6.07, 6.45) is 4.04. The molecule has 3 nitrogen and oxygen atoms in total. The first-order valence-corrected chi connectivity index (χ1v) is 7.61. The Hall–Kier alpha value is -1.53. The first-order valence-electron chi connectivity index (χ1n) is 7.61. The molecule has 1 fully saturated rings. The van der Waals surface area contributed by atoms with Gasteiger partial charge >= 0.3 is 0 Å². The molecule has 2 atom stereocenters. The molecule has 0 amide bonds. The molecule has 0 heterocycles. The third-order valence-electron chi connectivity index (χ3n) is 4.58. The number of hydrogen-bond acceptors (Lipinski definition) is 3. The summed E-state index contributed by atoms with van der Waals surface area (Å²) < 4.78 is 0. The van der Waals surface area contributed by atoms with E-state index in [0.717, 1.165) is 38.8 Å². The van der Waals surface area contributed by atoms with Gasteiger partial charge in [-0.2, -0.15) is 5.26 Å². The van der Waals surface area contributed by atoms with Gasteiger partial charge in [0, 0.05) is 18.8 Å². The summed E-state index contributed by atoms with van der Waals surface area (Å²) >= 11 is 0. The average Bonchev–Trinajstić information content (AvgIpc) is 2.82. The highest BCUT2D eigenvalue weighted by molar-refractivity contribution is 5.48. The molecule has 1 aromatic carbocycles. The van der Waals surface area contributed by atoms with Crippen molar-refractivity contribution in [2.24, 2.45) is 11.7 Å². The Labute approximate surface area is 122 Å². The van der Waals surface area contributed by atoms with Crippen LogP contribution in [0.5, 0.6) is 0 Å². The zero-order valence-electron chi connectivity index (χ0n) is 12.6. The van der Waals surface area contributed by atoms with Crippen molar-refractivity contribution in [3.8, 4) is 6.07 Å². The molecule has 1 aliphatic rings. The fraction of sp³-hybridized carbons (Fsp3) is 0.588. The summed E-state index contributed by atoms with van der Waals surface area (Å²) in [5.74, 6) is 0.339. The Kier molecular flexibility index (Phi) is 4.67. The van der Waals surface area contributed by atoms with Crippen LogP contribution in [-0.4, -0.2) is 18.6 Å². The number of rotatable bonds is 5. The van der Waals surface area contributed by atoms with Crippen LogP contribution in [0.1, 0.15) is 38.2 Å². The zero-order chi connectivity index (χ0) is 14.6. The second-order valence-corrected chi connectivity index (χ2v) is 5.95. The minimum atomic E-state index is -0.591. The summed E-state index contributed by atoms with van der Waals surface area (Å²) in [4.78, 5) is 2.38. The van der Waals surface area contributed by atoms with Gasteiger partial charge in [0.25, 0.3) is 0 Å². The lowest BCUT2D eigenvalue weighted by atomic mass is 9.87. The Morgan fingerprint density at radius 1 is 1.50 bits per heavy atom. The van der Waals surface area contributed by atoms with Crippen LogP contribution in [0.25, 0.3) is 0 Å². The molecule has 1 aliphatic carbocycles.